The zero-order valence-corrected chi connectivity index (χ0v) is 18.2. The summed E-state index contributed by atoms with van der Waals surface area (Å²) in [6.07, 6.45) is 1.91. The summed E-state index contributed by atoms with van der Waals surface area (Å²) in [6.45, 7) is 3.68. The Morgan fingerprint density at radius 3 is 2.28 bits per heavy atom. The first-order chi connectivity index (χ1) is 15.3. The molecule has 0 saturated heterocycles. The van der Waals surface area contributed by atoms with E-state index >= 15 is 0 Å². The zero-order chi connectivity index (χ0) is 23.5. The van der Waals surface area contributed by atoms with Crippen LogP contribution in [-0.2, 0) is 14.3 Å². The molecule has 4 N–H and O–H groups in total. The first-order valence-electron chi connectivity index (χ1n) is 9.53. The number of rotatable bonds is 6. The molecule has 0 atom stereocenters. The summed E-state index contributed by atoms with van der Waals surface area (Å²) in [5.41, 5.74) is 6.95. The number of ether oxygens (including phenoxy) is 1. The number of aryl methyl sites for hydroxylation is 1. The summed E-state index contributed by atoms with van der Waals surface area (Å²) in [4.78, 5) is 47.4. The number of anilines is 1. The summed E-state index contributed by atoms with van der Waals surface area (Å²) in [5.74, 6) is -2.09. The van der Waals surface area contributed by atoms with Crippen molar-refractivity contribution in [1.29, 1.82) is 0 Å². The van der Waals surface area contributed by atoms with Crippen molar-refractivity contribution in [3.8, 4) is 0 Å². The lowest BCUT2D eigenvalue weighted by Gasteiger charge is -2.11. The van der Waals surface area contributed by atoms with E-state index in [-0.39, 0.29) is 17.6 Å². The van der Waals surface area contributed by atoms with Gasteiger partial charge in [-0.1, -0.05) is 18.2 Å². The van der Waals surface area contributed by atoms with E-state index in [1.165, 1.54) is 12.1 Å². The number of carbonyl (C=O) groups is 4. The Hall–Kier alpha value is -4.05. The summed E-state index contributed by atoms with van der Waals surface area (Å²) in [7, 11) is 0. The molecule has 0 bridgehead atoms. The van der Waals surface area contributed by atoms with Gasteiger partial charge in [0.15, 0.2) is 5.11 Å². The Labute approximate surface area is 190 Å². The SMILES string of the molecule is CCOC(=O)/C=C/C(=O)NC(=S)NNC(=O)c1ccc(NC(=O)c2ccccc2C)cc1. The maximum absolute atomic E-state index is 12.4. The van der Waals surface area contributed by atoms with Gasteiger partial charge >= 0.3 is 5.97 Å². The molecule has 9 nitrogen and oxygen atoms in total. The van der Waals surface area contributed by atoms with Crippen LogP contribution in [0.4, 0.5) is 5.69 Å². The molecule has 2 aromatic rings. The van der Waals surface area contributed by atoms with E-state index < -0.39 is 17.8 Å². The van der Waals surface area contributed by atoms with Crippen molar-refractivity contribution >= 4 is 46.7 Å². The molecular formula is C22H22N4O5S. The number of carbonyl (C=O) groups excluding carboxylic acids is 4. The van der Waals surface area contributed by atoms with Crippen LogP contribution < -0.4 is 21.5 Å². The highest BCUT2D eigenvalue weighted by Gasteiger charge is 2.10. The van der Waals surface area contributed by atoms with Crippen LogP contribution in [0.5, 0.6) is 0 Å². The highest BCUT2D eigenvalue weighted by molar-refractivity contribution is 7.80. The zero-order valence-electron chi connectivity index (χ0n) is 17.4. The van der Waals surface area contributed by atoms with Crippen LogP contribution in [0.25, 0.3) is 0 Å². The monoisotopic (exact) mass is 454 g/mol. The highest BCUT2D eigenvalue weighted by Crippen LogP contribution is 2.13. The Morgan fingerprint density at radius 1 is 0.938 bits per heavy atom. The van der Waals surface area contributed by atoms with Crippen LogP contribution in [-0.4, -0.2) is 35.4 Å². The van der Waals surface area contributed by atoms with E-state index in [0.29, 0.717) is 16.8 Å². The van der Waals surface area contributed by atoms with Gasteiger partial charge in [-0.2, -0.15) is 0 Å². The lowest BCUT2D eigenvalue weighted by Crippen LogP contribution is -2.48. The van der Waals surface area contributed by atoms with Gasteiger partial charge in [0.2, 0.25) is 5.91 Å². The molecular weight excluding hydrogens is 432 g/mol. The predicted molar refractivity (Wildman–Crippen MR) is 123 cm³/mol. The molecule has 32 heavy (non-hydrogen) atoms. The molecule has 0 aliphatic heterocycles. The Morgan fingerprint density at radius 2 is 1.62 bits per heavy atom. The van der Waals surface area contributed by atoms with E-state index in [1.807, 2.05) is 19.1 Å². The van der Waals surface area contributed by atoms with Gasteiger partial charge in [-0.3, -0.25) is 30.6 Å². The minimum Gasteiger partial charge on any atom is -0.463 e. The quantitative estimate of drug-likeness (QED) is 0.228. The molecule has 10 heteroatoms. The molecule has 3 amide bonds. The van der Waals surface area contributed by atoms with E-state index in [9.17, 15) is 19.2 Å². The minimum atomic E-state index is -0.668. The number of hydrogen-bond donors (Lipinski definition) is 4. The van der Waals surface area contributed by atoms with Crippen molar-refractivity contribution in [3.05, 3.63) is 77.4 Å². The molecule has 166 valence electrons. The molecule has 0 aliphatic carbocycles. The summed E-state index contributed by atoms with van der Waals surface area (Å²) >= 11 is 4.90. The molecule has 0 spiro atoms. The van der Waals surface area contributed by atoms with E-state index in [0.717, 1.165) is 17.7 Å². The third kappa shape index (κ3) is 7.65. The van der Waals surface area contributed by atoms with E-state index in [1.54, 1.807) is 31.2 Å². The van der Waals surface area contributed by atoms with E-state index in [2.05, 4.69) is 26.2 Å². The maximum Gasteiger partial charge on any atom is 0.330 e. The number of esters is 1. The van der Waals surface area contributed by atoms with Gasteiger partial charge in [0.05, 0.1) is 6.61 Å². The van der Waals surface area contributed by atoms with Crippen LogP contribution in [0.3, 0.4) is 0 Å². The molecule has 0 aromatic heterocycles. The second-order valence-corrected chi connectivity index (χ2v) is 6.74. The van der Waals surface area contributed by atoms with Crippen molar-refractivity contribution < 1.29 is 23.9 Å². The summed E-state index contributed by atoms with van der Waals surface area (Å²) < 4.78 is 4.65. The fourth-order valence-electron chi connectivity index (χ4n) is 2.44. The second-order valence-electron chi connectivity index (χ2n) is 6.33. The number of benzene rings is 2. The first-order valence-corrected chi connectivity index (χ1v) is 9.94. The Kier molecular flexibility index (Phi) is 9.05. The van der Waals surface area contributed by atoms with Crippen molar-refractivity contribution in [2.45, 2.75) is 13.8 Å². The number of hydrogen-bond acceptors (Lipinski definition) is 6. The second kappa shape index (κ2) is 12.0. The first kappa shape index (κ1) is 24.2. The number of amides is 3. The average Bonchev–Trinajstić information content (AvgIpc) is 2.77. The summed E-state index contributed by atoms with van der Waals surface area (Å²) in [6, 6.07) is 13.4. The Bertz CT molecular complexity index is 1050. The molecule has 2 aromatic carbocycles. The number of hydrazine groups is 1. The number of nitrogens with one attached hydrogen (secondary N) is 4. The summed E-state index contributed by atoms with van der Waals surface area (Å²) in [5, 5.41) is 4.86. The van der Waals surface area contributed by atoms with Crippen LogP contribution >= 0.6 is 12.2 Å². The molecule has 0 radical (unpaired) electrons. The average molecular weight is 455 g/mol. The molecule has 0 aliphatic rings. The van der Waals surface area contributed by atoms with Gasteiger partial charge in [-0.15, -0.1) is 0 Å². The normalized spacial score (nSPS) is 10.2. The van der Waals surface area contributed by atoms with Gasteiger partial charge in [-0.25, -0.2) is 4.79 Å². The van der Waals surface area contributed by atoms with Crippen molar-refractivity contribution in [1.82, 2.24) is 16.2 Å². The van der Waals surface area contributed by atoms with Gasteiger partial charge in [0.1, 0.15) is 0 Å². The fourth-order valence-corrected chi connectivity index (χ4v) is 2.59. The van der Waals surface area contributed by atoms with Gasteiger partial charge in [0.25, 0.3) is 11.8 Å². The molecule has 0 heterocycles. The van der Waals surface area contributed by atoms with Crippen molar-refractivity contribution in [2.75, 3.05) is 11.9 Å². The van der Waals surface area contributed by atoms with Crippen molar-refractivity contribution in [2.24, 2.45) is 0 Å². The van der Waals surface area contributed by atoms with Crippen LogP contribution in [0, 0.1) is 6.92 Å². The Balaban J connectivity index is 1.83. The molecule has 2 rings (SSSR count). The molecule has 0 fully saturated rings. The van der Waals surface area contributed by atoms with E-state index in [4.69, 9.17) is 12.2 Å². The van der Waals surface area contributed by atoms with Crippen LogP contribution in [0.1, 0.15) is 33.2 Å². The molecule has 0 saturated carbocycles. The number of thiocarbonyl (C=S) groups is 1. The van der Waals surface area contributed by atoms with Gasteiger partial charge in [-0.05, 0) is 62.0 Å². The standard InChI is InChI=1S/C22H22N4O5S/c1-3-31-19(28)13-12-18(27)24-22(32)26-25-20(29)15-8-10-16(11-9-15)23-21(30)17-7-5-4-6-14(17)2/h4-13H,3H2,1-2H3,(H,23,30)(H,25,29)(H2,24,26,27,32)/b13-12+. The smallest absolute Gasteiger partial charge is 0.330 e. The minimum absolute atomic E-state index is 0.168. The third-order valence-corrected chi connectivity index (χ3v) is 4.18. The third-order valence-electron chi connectivity index (χ3n) is 3.98. The largest absolute Gasteiger partial charge is 0.463 e. The molecule has 0 unspecified atom stereocenters. The maximum atomic E-state index is 12.4. The van der Waals surface area contributed by atoms with Crippen LogP contribution in [0.2, 0.25) is 0 Å². The lowest BCUT2D eigenvalue weighted by molar-refractivity contribution is -0.137. The highest BCUT2D eigenvalue weighted by atomic mass is 32.1. The topological polar surface area (TPSA) is 126 Å². The predicted octanol–water partition coefficient (Wildman–Crippen LogP) is 2.00. The lowest BCUT2D eigenvalue weighted by atomic mass is 10.1. The fraction of sp³-hybridized carbons (Fsp3) is 0.136. The van der Waals surface area contributed by atoms with Crippen molar-refractivity contribution in [3.63, 3.8) is 0 Å². The van der Waals surface area contributed by atoms with Gasteiger partial charge < -0.3 is 10.1 Å². The van der Waals surface area contributed by atoms with Gasteiger partial charge in [0, 0.05) is 29.0 Å². The van der Waals surface area contributed by atoms with Crippen LogP contribution in [0.15, 0.2) is 60.7 Å².